The van der Waals surface area contributed by atoms with Crippen LogP contribution >= 0.6 is 11.3 Å². The smallest absolute Gasteiger partial charge is 0.145 e. The molecule has 0 N–H and O–H groups in total. The van der Waals surface area contributed by atoms with E-state index in [-0.39, 0.29) is 0 Å². The predicted molar refractivity (Wildman–Crippen MR) is 83.9 cm³/mol. The monoisotopic (exact) mass is 303 g/mol. The van der Waals surface area contributed by atoms with Crippen molar-refractivity contribution in [2.75, 3.05) is 20.6 Å². The Morgan fingerprint density at radius 2 is 2.24 bits per heavy atom. The second-order valence-corrected chi connectivity index (χ2v) is 6.47. The standard InChI is InChI=1S/C15H21N5S/c1-19(2)8-12-5-6-16-15(18-12)14-4-3-7-20(14)9-13-10-21-11-17-13/h5-6,10-11,14H,3-4,7-9H2,1-2H3/t14-/m1/s1. The van der Waals surface area contributed by atoms with E-state index in [1.165, 1.54) is 6.42 Å². The van der Waals surface area contributed by atoms with Crippen molar-refractivity contribution in [3.05, 3.63) is 40.4 Å². The summed E-state index contributed by atoms with van der Waals surface area (Å²) in [5.41, 5.74) is 4.14. The van der Waals surface area contributed by atoms with E-state index in [9.17, 15) is 0 Å². The van der Waals surface area contributed by atoms with Crippen LogP contribution in [0.2, 0.25) is 0 Å². The number of aromatic nitrogens is 3. The average molecular weight is 303 g/mol. The predicted octanol–water partition coefficient (Wildman–Crippen LogP) is 2.33. The van der Waals surface area contributed by atoms with Crippen molar-refractivity contribution >= 4 is 11.3 Å². The van der Waals surface area contributed by atoms with E-state index in [0.29, 0.717) is 6.04 Å². The molecular weight excluding hydrogens is 282 g/mol. The third-order valence-corrected chi connectivity index (χ3v) is 4.36. The Morgan fingerprint density at radius 3 is 3.00 bits per heavy atom. The molecule has 1 aliphatic rings. The van der Waals surface area contributed by atoms with Gasteiger partial charge < -0.3 is 4.90 Å². The molecule has 2 aromatic heterocycles. The highest BCUT2D eigenvalue weighted by molar-refractivity contribution is 7.07. The molecule has 0 saturated carbocycles. The molecule has 3 rings (SSSR count). The van der Waals surface area contributed by atoms with Crippen LogP contribution in [-0.2, 0) is 13.1 Å². The van der Waals surface area contributed by atoms with E-state index in [1.54, 1.807) is 11.3 Å². The average Bonchev–Trinajstić information content (AvgIpc) is 3.10. The van der Waals surface area contributed by atoms with Crippen LogP contribution in [0.15, 0.2) is 23.2 Å². The number of hydrogen-bond donors (Lipinski definition) is 0. The second kappa shape index (κ2) is 6.60. The van der Waals surface area contributed by atoms with E-state index in [0.717, 1.165) is 43.3 Å². The molecule has 2 aromatic rings. The molecule has 0 spiro atoms. The van der Waals surface area contributed by atoms with Crippen molar-refractivity contribution in [2.24, 2.45) is 0 Å². The first-order valence-corrected chi connectivity index (χ1v) is 8.24. The van der Waals surface area contributed by atoms with Crippen LogP contribution in [0.1, 0.15) is 36.1 Å². The van der Waals surface area contributed by atoms with Crippen LogP contribution in [-0.4, -0.2) is 45.4 Å². The molecule has 3 heterocycles. The lowest BCUT2D eigenvalue weighted by Crippen LogP contribution is -2.25. The summed E-state index contributed by atoms with van der Waals surface area (Å²) >= 11 is 1.65. The van der Waals surface area contributed by atoms with Gasteiger partial charge in [0.15, 0.2) is 0 Å². The molecule has 112 valence electrons. The Labute approximate surface area is 129 Å². The minimum atomic E-state index is 0.328. The molecular formula is C15H21N5S. The van der Waals surface area contributed by atoms with Crippen molar-refractivity contribution in [3.8, 4) is 0 Å². The van der Waals surface area contributed by atoms with Gasteiger partial charge in [-0.1, -0.05) is 0 Å². The van der Waals surface area contributed by atoms with Gasteiger partial charge in [0.25, 0.3) is 0 Å². The number of rotatable bonds is 5. The quantitative estimate of drug-likeness (QED) is 0.848. The Kier molecular flexibility index (Phi) is 4.57. The SMILES string of the molecule is CN(C)Cc1ccnc([C@H]2CCCN2Cc2cscn2)n1. The van der Waals surface area contributed by atoms with E-state index in [1.807, 2.05) is 17.8 Å². The number of hydrogen-bond acceptors (Lipinski definition) is 6. The number of thiazole rings is 1. The summed E-state index contributed by atoms with van der Waals surface area (Å²) < 4.78 is 0. The van der Waals surface area contributed by atoms with Crippen molar-refractivity contribution in [2.45, 2.75) is 32.0 Å². The molecule has 0 amide bonds. The first-order valence-electron chi connectivity index (χ1n) is 7.30. The van der Waals surface area contributed by atoms with Crippen LogP contribution < -0.4 is 0 Å². The fourth-order valence-electron chi connectivity index (χ4n) is 2.82. The molecule has 0 aromatic carbocycles. The zero-order chi connectivity index (χ0) is 14.7. The van der Waals surface area contributed by atoms with E-state index in [2.05, 4.69) is 39.2 Å². The minimum Gasteiger partial charge on any atom is -0.304 e. The summed E-state index contributed by atoms with van der Waals surface area (Å²) in [6.45, 7) is 2.85. The lowest BCUT2D eigenvalue weighted by atomic mass is 10.2. The highest BCUT2D eigenvalue weighted by Gasteiger charge is 2.28. The van der Waals surface area contributed by atoms with E-state index < -0.39 is 0 Å². The zero-order valence-electron chi connectivity index (χ0n) is 12.6. The van der Waals surface area contributed by atoms with Gasteiger partial charge in [-0.25, -0.2) is 15.0 Å². The van der Waals surface area contributed by atoms with Crippen LogP contribution in [0.5, 0.6) is 0 Å². The van der Waals surface area contributed by atoms with Crippen LogP contribution in [0.4, 0.5) is 0 Å². The third kappa shape index (κ3) is 3.64. The molecule has 0 aliphatic carbocycles. The summed E-state index contributed by atoms with van der Waals surface area (Å²) in [5.74, 6) is 0.960. The van der Waals surface area contributed by atoms with Crippen molar-refractivity contribution in [1.82, 2.24) is 24.8 Å². The van der Waals surface area contributed by atoms with Crippen molar-refractivity contribution in [3.63, 3.8) is 0 Å². The van der Waals surface area contributed by atoms with Crippen LogP contribution in [0.3, 0.4) is 0 Å². The molecule has 5 nitrogen and oxygen atoms in total. The van der Waals surface area contributed by atoms with E-state index in [4.69, 9.17) is 4.98 Å². The van der Waals surface area contributed by atoms with Gasteiger partial charge >= 0.3 is 0 Å². The number of likely N-dealkylation sites (tertiary alicyclic amines) is 1. The maximum Gasteiger partial charge on any atom is 0.145 e. The normalized spacial score (nSPS) is 19.5. The lowest BCUT2D eigenvalue weighted by molar-refractivity contribution is 0.236. The van der Waals surface area contributed by atoms with Gasteiger partial charge in [-0.15, -0.1) is 11.3 Å². The molecule has 1 saturated heterocycles. The molecule has 0 bridgehead atoms. The Morgan fingerprint density at radius 1 is 1.33 bits per heavy atom. The Balaban J connectivity index is 1.75. The largest absolute Gasteiger partial charge is 0.304 e. The van der Waals surface area contributed by atoms with Gasteiger partial charge in [0.1, 0.15) is 5.82 Å². The Bertz CT molecular complexity index is 569. The molecule has 0 radical (unpaired) electrons. The molecule has 1 atom stereocenters. The van der Waals surface area contributed by atoms with Crippen molar-refractivity contribution < 1.29 is 0 Å². The molecule has 0 unspecified atom stereocenters. The molecule has 1 fully saturated rings. The van der Waals surface area contributed by atoms with E-state index >= 15 is 0 Å². The summed E-state index contributed by atoms with van der Waals surface area (Å²) in [4.78, 5) is 18.3. The summed E-state index contributed by atoms with van der Waals surface area (Å²) in [6, 6.07) is 2.33. The lowest BCUT2D eigenvalue weighted by Gasteiger charge is -2.22. The first-order chi connectivity index (χ1) is 10.2. The maximum absolute atomic E-state index is 4.76. The van der Waals surface area contributed by atoms with Crippen LogP contribution in [0.25, 0.3) is 0 Å². The van der Waals surface area contributed by atoms with Gasteiger partial charge in [-0.05, 0) is 39.5 Å². The Hall–Kier alpha value is -1.37. The third-order valence-electron chi connectivity index (χ3n) is 3.72. The zero-order valence-corrected chi connectivity index (χ0v) is 13.4. The minimum absolute atomic E-state index is 0.328. The van der Waals surface area contributed by atoms with Gasteiger partial charge in [0.2, 0.25) is 0 Å². The van der Waals surface area contributed by atoms with Crippen molar-refractivity contribution in [1.29, 1.82) is 0 Å². The van der Waals surface area contributed by atoms with Gasteiger partial charge in [0.05, 0.1) is 22.9 Å². The fourth-order valence-corrected chi connectivity index (χ4v) is 3.37. The summed E-state index contributed by atoms with van der Waals surface area (Å²) in [5, 5.41) is 2.12. The molecule has 21 heavy (non-hydrogen) atoms. The number of nitrogens with zero attached hydrogens (tertiary/aromatic N) is 5. The molecule has 6 heteroatoms. The summed E-state index contributed by atoms with van der Waals surface area (Å²) in [6.07, 6.45) is 4.23. The summed E-state index contributed by atoms with van der Waals surface area (Å²) in [7, 11) is 4.12. The first kappa shape index (κ1) is 14.6. The van der Waals surface area contributed by atoms with Gasteiger partial charge in [-0.2, -0.15) is 0 Å². The highest BCUT2D eigenvalue weighted by atomic mass is 32.1. The van der Waals surface area contributed by atoms with Crippen LogP contribution in [0, 0.1) is 0 Å². The fraction of sp³-hybridized carbons (Fsp3) is 0.533. The van der Waals surface area contributed by atoms with Gasteiger partial charge in [-0.3, -0.25) is 4.90 Å². The molecule has 1 aliphatic heterocycles. The maximum atomic E-state index is 4.76. The topological polar surface area (TPSA) is 45.2 Å². The second-order valence-electron chi connectivity index (χ2n) is 5.75. The van der Waals surface area contributed by atoms with Gasteiger partial charge in [0, 0.05) is 24.7 Å². The highest BCUT2D eigenvalue weighted by Crippen LogP contribution is 2.31.